The second kappa shape index (κ2) is 3.76. The van der Waals surface area contributed by atoms with Gasteiger partial charge in [-0.2, -0.15) is 0 Å². The van der Waals surface area contributed by atoms with Crippen molar-refractivity contribution in [3.05, 3.63) is 29.8 Å². The van der Waals surface area contributed by atoms with Crippen molar-refractivity contribution in [1.82, 2.24) is 0 Å². The van der Waals surface area contributed by atoms with Gasteiger partial charge < -0.3 is 14.6 Å². The Morgan fingerprint density at radius 3 is 2.62 bits per heavy atom. The molecule has 1 heterocycles. The first-order valence-corrected chi connectivity index (χ1v) is 5.44. The van der Waals surface area contributed by atoms with Crippen LogP contribution in [0.3, 0.4) is 0 Å². The van der Waals surface area contributed by atoms with Crippen LogP contribution in [0.4, 0.5) is 4.79 Å². The van der Waals surface area contributed by atoms with Gasteiger partial charge in [0.2, 0.25) is 0 Å². The van der Waals surface area contributed by atoms with Crippen LogP contribution < -0.4 is 0 Å². The molecule has 0 spiro atoms. The van der Waals surface area contributed by atoms with Crippen molar-refractivity contribution in [1.29, 1.82) is 0 Å². The van der Waals surface area contributed by atoms with Crippen LogP contribution in [0, 0.1) is 0 Å². The maximum absolute atomic E-state index is 11.0. The predicted octanol–water partition coefficient (Wildman–Crippen LogP) is 2.61. The molecule has 1 aliphatic heterocycles. The van der Waals surface area contributed by atoms with Gasteiger partial charge in [0.15, 0.2) is 0 Å². The summed E-state index contributed by atoms with van der Waals surface area (Å²) in [5.41, 5.74) is -0.777. The lowest BCUT2D eigenvalue weighted by atomic mass is 9.99. The van der Waals surface area contributed by atoms with Crippen molar-refractivity contribution in [2.24, 2.45) is 0 Å². The number of carbonyl (C=O) groups excluding carboxylic acids is 1. The molecule has 0 amide bonds. The summed E-state index contributed by atoms with van der Waals surface area (Å²) in [6.45, 7) is 1.70. The minimum atomic E-state index is -1.45. The largest absolute Gasteiger partial charge is 0.516 e. The molecule has 1 aliphatic rings. The summed E-state index contributed by atoms with van der Waals surface area (Å²) in [7, 11) is -0.422. The number of phenols is 1. The van der Waals surface area contributed by atoms with Gasteiger partial charge in [-0.15, -0.1) is 0 Å². The molecule has 1 atom stereocenters. The van der Waals surface area contributed by atoms with Crippen LogP contribution in [0.5, 0.6) is 5.75 Å². The Bertz CT molecular complexity index is 437. The summed E-state index contributed by atoms with van der Waals surface area (Å²) in [5.74, 6) is -0.343. The Morgan fingerprint density at radius 1 is 1.44 bits per heavy atom. The highest BCUT2D eigenvalue weighted by Crippen LogP contribution is 2.47. The number of aromatic hydroxyl groups is 1. The minimum Gasteiger partial charge on any atom is -0.508 e. The van der Waals surface area contributed by atoms with Crippen molar-refractivity contribution in [3.8, 4) is 5.75 Å². The van der Waals surface area contributed by atoms with Gasteiger partial charge in [-0.3, -0.25) is 4.57 Å². The molecule has 0 bridgehead atoms. The molecule has 1 fully saturated rings. The van der Waals surface area contributed by atoms with Crippen LogP contribution in [-0.2, 0) is 14.0 Å². The summed E-state index contributed by atoms with van der Waals surface area (Å²) in [6, 6.07) is 6.41. The van der Waals surface area contributed by atoms with E-state index in [4.69, 9.17) is 9.47 Å². The molecule has 6 heteroatoms. The van der Waals surface area contributed by atoms with E-state index in [0.29, 0.717) is 5.56 Å². The minimum absolute atomic E-state index is 0.0905. The summed E-state index contributed by atoms with van der Waals surface area (Å²) in [4.78, 5) is 10.6. The molecule has 84 valence electrons. The Hall–Kier alpha value is -1.61. The normalized spacial score (nSPS) is 19.4. The lowest BCUT2D eigenvalue weighted by Crippen LogP contribution is -2.49. The number of phenolic OH excluding ortho intramolecular Hbond substituents is 1. The van der Waals surface area contributed by atoms with E-state index in [-0.39, 0.29) is 5.75 Å². The van der Waals surface area contributed by atoms with E-state index >= 15 is 0 Å². The Morgan fingerprint density at radius 2 is 2.12 bits per heavy atom. The van der Waals surface area contributed by atoms with Gasteiger partial charge in [-0.25, -0.2) is 4.79 Å². The van der Waals surface area contributed by atoms with Crippen molar-refractivity contribution >= 4 is 14.6 Å². The first-order chi connectivity index (χ1) is 7.57. The second-order valence-corrected chi connectivity index (χ2v) is 4.30. The van der Waals surface area contributed by atoms with Gasteiger partial charge in [0, 0.05) is 0 Å². The SMILES string of the molecule is CC(c1cccc(O)c1)C1(P=O)OC(=O)O1. The van der Waals surface area contributed by atoms with E-state index in [9.17, 15) is 14.5 Å². The highest BCUT2D eigenvalue weighted by Gasteiger charge is 2.55. The zero-order valence-electron chi connectivity index (χ0n) is 8.41. The van der Waals surface area contributed by atoms with Crippen LogP contribution in [0.15, 0.2) is 24.3 Å². The highest BCUT2D eigenvalue weighted by molar-refractivity contribution is 7.25. The zero-order chi connectivity index (χ0) is 11.8. The molecule has 1 aromatic rings. The first kappa shape index (κ1) is 10.9. The Labute approximate surface area is 93.2 Å². The molecule has 0 aliphatic carbocycles. The van der Waals surface area contributed by atoms with Gasteiger partial charge in [0.25, 0.3) is 8.46 Å². The number of hydrogen-bond acceptors (Lipinski definition) is 5. The van der Waals surface area contributed by atoms with Gasteiger partial charge in [0.05, 0.1) is 5.92 Å². The molecule has 0 aromatic heterocycles. The van der Waals surface area contributed by atoms with Crippen LogP contribution in [0.2, 0.25) is 0 Å². The molecule has 0 saturated carbocycles. The summed E-state index contributed by atoms with van der Waals surface area (Å²) in [5, 5.41) is 9.31. The van der Waals surface area contributed by atoms with Crippen molar-refractivity contribution < 1.29 is 23.9 Å². The highest BCUT2D eigenvalue weighted by atomic mass is 31.1. The van der Waals surface area contributed by atoms with Gasteiger partial charge in [-0.1, -0.05) is 12.1 Å². The number of ether oxygens (including phenoxy) is 2. The quantitative estimate of drug-likeness (QED) is 0.649. The zero-order valence-corrected chi connectivity index (χ0v) is 9.31. The number of benzene rings is 1. The van der Waals surface area contributed by atoms with Crippen LogP contribution in [0.25, 0.3) is 0 Å². The summed E-state index contributed by atoms with van der Waals surface area (Å²) < 4.78 is 20.5. The van der Waals surface area contributed by atoms with Gasteiger partial charge >= 0.3 is 11.7 Å². The third-order valence-electron chi connectivity index (χ3n) is 2.50. The number of hydrogen-bond donors (Lipinski definition) is 1. The molecule has 16 heavy (non-hydrogen) atoms. The van der Waals surface area contributed by atoms with Crippen molar-refractivity contribution in [2.45, 2.75) is 18.4 Å². The van der Waals surface area contributed by atoms with E-state index < -0.39 is 26.1 Å². The summed E-state index contributed by atoms with van der Waals surface area (Å²) in [6.07, 6.45) is -0.838. The molecule has 1 N–H and O–H groups in total. The van der Waals surface area contributed by atoms with E-state index in [2.05, 4.69) is 0 Å². The van der Waals surface area contributed by atoms with E-state index in [1.54, 1.807) is 19.1 Å². The lowest BCUT2D eigenvalue weighted by molar-refractivity contribution is -0.222. The van der Waals surface area contributed by atoms with Crippen molar-refractivity contribution in [3.63, 3.8) is 0 Å². The monoisotopic (exact) mass is 240 g/mol. The molecule has 5 nitrogen and oxygen atoms in total. The third kappa shape index (κ3) is 1.63. The van der Waals surface area contributed by atoms with E-state index in [1.165, 1.54) is 12.1 Å². The summed E-state index contributed by atoms with van der Waals surface area (Å²) >= 11 is 0. The number of carbonyl (C=O) groups is 1. The second-order valence-electron chi connectivity index (χ2n) is 3.49. The maximum atomic E-state index is 11.0. The van der Waals surface area contributed by atoms with E-state index in [1.807, 2.05) is 0 Å². The molecule has 1 aromatic carbocycles. The fraction of sp³-hybridized carbons (Fsp3) is 0.300. The number of rotatable bonds is 3. The fourth-order valence-corrected chi connectivity index (χ4v) is 2.08. The Kier molecular flexibility index (Phi) is 2.56. The van der Waals surface area contributed by atoms with Gasteiger partial charge in [-0.05, 0) is 24.6 Å². The lowest BCUT2D eigenvalue weighted by Gasteiger charge is -2.38. The van der Waals surface area contributed by atoms with Crippen molar-refractivity contribution in [2.75, 3.05) is 0 Å². The molecule has 1 unspecified atom stereocenters. The van der Waals surface area contributed by atoms with Crippen LogP contribution in [0.1, 0.15) is 18.4 Å². The standard InChI is InChI=1S/C10H9O5P/c1-6(7-3-2-4-8(11)5-7)10(16-13)14-9(12)15-10/h2-6,11H,1H3. The average Bonchev–Trinajstić information content (AvgIpc) is 2.23. The van der Waals surface area contributed by atoms with Crippen LogP contribution >= 0.6 is 8.46 Å². The van der Waals surface area contributed by atoms with E-state index in [0.717, 1.165) is 0 Å². The smallest absolute Gasteiger partial charge is 0.508 e. The predicted molar refractivity (Wildman–Crippen MR) is 54.4 cm³/mol. The fourth-order valence-electron chi connectivity index (χ4n) is 1.54. The molecule has 2 rings (SSSR count). The first-order valence-electron chi connectivity index (χ1n) is 4.63. The maximum Gasteiger partial charge on any atom is 0.516 e. The molecular formula is C10H9O5P. The molecule has 0 radical (unpaired) electrons. The average molecular weight is 240 g/mol. The topological polar surface area (TPSA) is 72.8 Å². The van der Waals surface area contributed by atoms with Crippen LogP contribution in [-0.4, -0.2) is 16.8 Å². The number of cyclic esters (lactones) is 2. The molecule has 1 saturated heterocycles. The molecular weight excluding hydrogens is 231 g/mol. The third-order valence-corrected chi connectivity index (χ3v) is 3.33. The van der Waals surface area contributed by atoms with Gasteiger partial charge in [0.1, 0.15) is 5.75 Å². The Balaban J connectivity index is 2.27.